The molecule has 1 fully saturated rings. The third-order valence-electron chi connectivity index (χ3n) is 4.96. The van der Waals surface area contributed by atoms with Gasteiger partial charge in [-0.15, -0.1) is 0 Å². The molecule has 9 heteroatoms. The molecule has 2 aromatic rings. The van der Waals surface area contributed by atoms with E-state index in [4.69, 9.17) is 16.3 Å². The summed E-state index contributed by atoms with van der Waals surface area (Å²) < 4.78 is 29.1. The number of ether oxygens (including phenoxy) is 1. The fraction of sp³-hybridized carbons (Fsp3) is 0.333. The number of amides is 2. The molecule has 2 aromatic carbocycles. The first-order valence-electron chi connectivity index (χ1n) is 9.41. The number of rotatable bonds is 5. The molecule has 1 saturated heterocycles. The van der Waals surface area contributed by atoms with Crippen molar-refractivity contribution in [3.05, 3.63) is 58.6 Å². The van der Waals surface area contributed by atoms with Crippen molar-refractivity contribution in [3.8, 4) is 5.75 Å². The van der Waals surface area contributed by atoms with Gasteiger partial charge < -0.3 is 14.5 Å². The minimum absolute atomic E-state index is 0.0922. The molecule has 160 valence electrons. The number of halogens is 1. The van der Waals surface area contributed by atoms with Gasteiger partial charge in [-0.1, -0.05) is 17.7 Å². The topological polar surface area (TPSA) is 84.0 Å². The first kappa shape index (κ1) is 22.1. The van der Waals surface area contributed by atoms with E-state index in [9.17, 15) is 18.0 Å². The Balaban J connectivity index is 1.58. The van der Waals surface area contributed by atoms with Crippen LogP contribution in [0.15, 0.2) is 47.4 Å². The average molecular weight is 451 g/mol. The Kier molecular flexibility index (Phi) is 6.67. The van der Waals surface area contributed by atoms with Gasteiger partial charge in [0, 0.05) is 43.0 Å². The second kappa shape index (κ2) is 9.06. The number of hydrogen-bond acceptors (Lipinski definition) is 5. The summed E-state index contributed by atoms with van der Waals surface area (Å²) in [7, 11) is -3.40. The molecule has 0 N–H and O–H groups in total. The van der Waals surface area contributed by atoms with E-state index in [0.29, 0.717) is 48.1 Å². The number of carbonyl (C=O) groups is 2. The Morgan fingerprint density at radius 1 is 1.00 bits per heavy atom. The molecule has 1 heterocycles. The van der Waals surface area contributed by atoms with Gasteiger partial charge in [-0.3, -0.25) is 9.59 Å². The summed E-state index contributed by atoms with van der Waals surface area (Å²) in [5, 5.41) is 0.590. The zero-order valence-corrected chi connectivity index (χ0v) is 18.4. The second-order valence-corrected chi connectivity index (χ2v) is 9.62. The molecule has 1 aliphatic heterocycles. The van der Waals surface area contributed by atoms with Gasteiger partial charge in [0.05, 0.1) is 4.90 Å². The van der Waals surface area contributed by atoms with Crippen molar-refractivity contribution < 1.29 is 22.7 Å². The highest BCUT2D eigenvalue weighted by molar-refractivity contribution is 7.90. The highest BCUT2D eigenvalue weighted by Crippen LogP contribution is 2.19. The highest BCUT2D eigenvalue weighted by atomic mass is 35.5. The summed E-state index contributed by atoms with van der Waals surface area (Å²) >= 11 is 5.83. The van der Waals surface area contributed by atoms with Crippen molar-refractivity contribution in [1.82, 2.24) is 9.80 Å². The summed E-state index contributed by atoms with van der Waals surface area (Å²) in [5.74, 6) is 0.164. The maximum Gasteiger partial charge on any atom is 0.260 e. The molecule has 7 nitrogen and oxygen atoms in total. The number of sulfone groups is 1. The van der Waals surface area contributed by atoms with Gasteiger partial charge >= 0.3 is 0 Å². The Bertz CT molecular complexity index is 1050. The summed E-state index contributed by atoms with van der Waals surface area (Å²) in [4.78, 5) is 28.7. The van der Waals surface area contributed by atoms with E-state index in [2.05, 4.69) is 0 Å². The zero-order valence-electron chi connectivity index (χ0n) is 16.8. The van der Waals surface area contributed by atoms with E-state index >= 15 is 0 Å². The van der Waals surface area contributed by atoms with E-state index in [1.165, 1.54) is 12.1 Å². The predicted octanol–water partition coefficient (Wildman–Crippen LogP) is 2.42. The lowest BCUT2D eigenvalue weighted by molar-refractivity contribution is -0.134. The molecule has 30 heavy (non-hydrogen) atoms. The van der Waals surface area contributed by atoms with Gasteiger partial charge in [0.15, 0.2) is 16.4 Å². The van der Waals surface area contributed by atoms with Crippen LogP contribution in [-0.4, -0.2) is 69.1 Å². The average Bonchev–Trinajstić information content (AvgIpc) is 2.72. The number of benzene rings is 2. The number of aryl methyl sites for hydroxylation is 1. The van der Waals surface area contributed by atoms with Crippen LogP contribution in [0.1, 0.15) is 15.9 Å². The molecule has 0 aromatic heterocycles. The Hall–Kier alpha value is -2.58. The van der Waals surface area contributed by atoms with Crippen molar-refractivity contribution >= 4 is 33.3 Å². The minimum Gasteiger partial charge on any atom is -0.484 e. The van der Waals surface area contributed by atoms with Gasteiger partial charge in [-0.05, 0) is 48.9 Å². The van der Waals surface area contributed by atoms with Crippen LogP contribution in [0.4, 0.5) is 0 Å². The summed E-state index contributed by atoms with van der Waals surface area (Å²) in [6.07, 6.45) is 1.11. The Morgan fingerprint density at radius 2 is 1.60 bits per heavy atom. The van der Waals surface area contributed by atoms with Crippen LogP contribution < -0.4 is 4.74 Å². The molecule has 0 unspecified atom stereocenters. The number of nitrogens with zero attached hydrogens (tertiary/aromatic N) is 2. The normalized spacial score (nSPS) is 14.5. The van der Waals surface area contributed by atoms with E-state index in [1.807, 2.05) is 0 Å². The molecule has 2 amide bonds. The van der Waals surface area contributed by atoms with Crippen LogP contribution in [0.2, 0.25) is 5.02 Å². The Labute approximate surface area is 181 Å². The van der Waals surface area contributed by atoms with Crippen LogP contribution in [0.5, 0.6) is 5.75 Å². The van der Waals surface area contributed by atoms with Crippen molar-refractivity contribution in [2.45, 2.75) is 11.8 Å². The highest BCUT2D eigenvalue weighted by Gasteiger charge is 2.26. The standard InChI is InChI=1S/C21H23ClN2O5S/c1-15-3-8-18(30(2,27)28)13-19(15)21(26)24-11-9-23(10-12-24)20(25)14-29-17-6-4-16(22)5-7-17/h3-8,13H,9-12,14H2,1-2H3. The first-order chi connectivity index (χ1) is 14.1. The van der Waals surface area contributed by atoms with Crippen LogP contribution in [-0.2, 0) is 14.6 Å². The minimum atomic E-state index is -3.40. The van der Waals surface area contributed by atoms with Gasteiger partial charge in [0.2, 0.25) is 0 Å². The van der Waals surface area contributed by atoms with Crippen molar-refractivity contribution in [2.24, 2.45) is 0 Å². The van der Waals surface area contributed by atoms with Crippen molar-refractivity contribution in [3.63, 3.8) is 0 Å². The zero-order chi connectivity index (χ0) is 21.9. The van der Waals surface area contributed by atoms with Crippen molar-refractivity contribution in [2.75, 3.05) is 39.0 Å². The molecular weight excluding hydrogens is 428 g/mol. The molecule has 3 rings (SSSR count). The molecule has 0 bridgehead atoms. The van der Waals surface area contributed by atoms with E-state index < -0.39 is 9.84 Å². The lowest BCUT2D eigenvalue weighted by Crippen LogP contribution is -2.51. The number of hydrogen-bond donors (Lipinski definition) is 0. The van der Waals surface area contributed by atoms with Crippen LogP contribution in [0.3, 0.4) is 0 Å². The van der Waals surface area contributed by atoms with Crippen LogP contribution in [0.25, 0.3) is 0 Å². The number of carbonyl (C=O) groups excluding carboxylic acids is 2. The predicted molar refractivity (Wildman–Crippen MR) is 114 cm³/mol. The largest absolute Gasteiger partial charge is 0.484 e. The quantitative estimate of drug-likeness (QED) is 0.698. The van der Waals surface area contributed by atoms with Gasteiger partial charge in [-0.25, -0.2) is 8.42 Å². The molecule has 0 saturated carbocycles. The molecule has 1 aliphatic rings. The first-order valence-corrected chi connectivity index (χ1v) is 11.7. The third-order valence-corrected chi connectivity index (χ3v) is 6.33. The molecular formula is C21H23ClN2O5S. The second-order valence-electron chi connectivity index (χ2n) is 7.16. The maximum absolute atomic E-state index is 12.9. The maximum atomic E-state index is 12.9. The van der Waals surface area contributed by atoms with Crippen LogP contribution in [0, 0.1) is 6.92 Å². The SMILES string of the molecule is Cc1ccc(S(C)(=O)=O)cc1C(=O)N1CCN(C(=O)COc2ccc(Cl)cc2)CC1. The molecule has 0 spiro atoms. The lowest BCUT2D eigenvalue weighted by Gasteiger charge is -2.35. The smallest absolute Gasteiger partial charge is 0.260 e. The molecule has 0 atom stereocenters. The van der Waals surface area contributed by atoms with Crippen LogP contribution >= 0.6 is 11.6 Å². The number of piperazine rings is 1. The fourth-order valence-corrected chi connectivity index (χ4v) is 3.93. The molecule has 0 aliphatic carbocycles. The monoisotopic (exact) mass is 450 g/mol. The van der Waals surface area contributed by atoms with E-state index in [0.717, 1.165) is 6.26 Å². The lowest BCUT2D eigenvalue weighted by atomic mass is 10.1. The van der Waals surface area contributed by atoms with E-state index in [1.54, 1.807) is 47.1 Å². The van der Waals surface area contributed by atoms with Gasteiger partial charge in [0.1, 0.15) is 5.75 Å². The van der Waals surface area contributed by atoms with E-state index in [-0.39, 0.29) is 23.3 Å². The fourth-order valence-electron chi connectivity index (χ4n) is 3.16. The molecule has 0 radical (unpaired) electrons. The summed E-state index contributed by atoms with van der Waals surface area (Å²) in [6, 6.07) is 11.3. The Morgan fingerprint density at radius 3 is 2.20 bits per heavy atom. The summed E-state index contributed by atoms with van der Waals surface area (Å²) in [5.41, 5.74) is 1.08. The van der Waals surface area contributed by atoms with Gasteiger partial charge in [0.25, 0.3) is 11.8 Å². The third kappa shape index (κ3) is 5.31. The van der Waals surface area contributed by atoms with Gasteiger partial charge in [-0.2, -0.15) is 0 Å². The summed E-state index contributed by atoms with van der Waals surface area (Å²) in [6.45, 7) is 3.19. The van der Waals surface area contributed by atoms with Crippen molar-refractivity contribution in [1.29, 1.82) is 0 Å².